The van der Waals surface area contributed by atoms with Gasteiger partial charge in [-0.3, -0.25) is 0 Å². The van der Waals surface area contributed by atoms with Crippen molar-refractivity contribution in [1.29, 1.82) is 0 Å². The minimum atomic E-state index is -1.17. The van der Waals surface area contributed by atoms with Crippen molar-refractivity contribution in [3.05, 3.63) is 22.4 Å². The van der Waals surface area contributed by atoms with Gasteiger partial charge in [0.2, 0.25) is 0 Å². The average molecular weight is 300 g/mol. The van der Waals surface area contributed by atoms with Gasteiger partial charge in [0.25, 0.3) is 0 Å². The van der Waals surface area contributed by atoms with Crippen LogP contribution in [0.15, 0.2) is 17.5 Å². The molecule has 0 radical (unpaired) electrons. The Bertz CT molecular complexity index is 474. The Morgan fingerprint density at radius 2 is 2.10 bits per heavy atom. The van der Waals surface area contributed by atoms with Crippen molar-refractivity contribution in [3.8, 4) is 0 Å². The lowest BCUT2D eigenvalue weighted by Crippen LogP contribution is -2.47. The maximum Gasteiger partial charge on any atom is 0.331 e. The van der Waals surface area contributed by atoms with Gasteiger partial charge in [-0.1, -0.05) is 6.07 Å². The first kappa shape index (κ1) is 16.0. The topological polar surface area (TPSA) is 105 Å². The quantitative estimate of drug-likeness (QED) is 0.683. The van der Waals surface area contributed by atoms with E-state index in [4.69, 9.17) is 9.84 Å². The Morgan fingerprint density at radius 1 is 1.40 bits per heavy atom. The van der Waals surface area contributed by atoms with Gasteiger partial charge < -0.3 is 20.5 Å². The molecule has 2 amide bonds. The number of hydrogen-bond donors (Lipinski definition) is 3. The average Bonchev–Trinajstić information content (AvgIpc) is 2.89. The van der Waals surface area contributed by atoms with Crippen LogP contribution >= 0.6 is 11.3 Å². The van der Waals surface area contributed by atoms with Crippen LogP contribution in [0.1, 0.15) is 24.8 Å². The monoisotopic (exact) mass is 300 g/mol. The standard InChI is InChI=1S/C12H16N2O5S/c1-3-19-11(17)7(2)13-12(18)14-9(10(15)16)8-5-4-6-20-8/h4-7,9H,3H2,1-2H3,(H,15,16)(H2,13,14,18). The van der Waals surface area contributed by atoms with Crippen LogP contribution in [0.3, 0.4) is 0 Å². The first-order valence-electron chi connectivity index (χ1n) is 5.95. The lowest BCUT2D eigenvalue weighted by molar-refractivity contribution is -0.144. The number of nitrogens with one attached hydrogen (secondary N) is 2. The van der Waals surface area contributed by atoms with Crippen molar-refractivity contribution in [2.75, 3.05) is 6.61 Å². The second kappa shape index (κ2) is 7.49. The SMILES string of the molecule is CCOC(=O)C(C)NC(=O)NC(C(=O)O)c1cccs1. The Kier molecular flexibility index (Phi) is 5.98. The van der Waals surface area contributed by atoms with E-state index >= 15 is 0 Å². The molecular formula is C12H16N2O5S. The molecule has 0 saturated carbocycles. The van der Waals surface area contributed by atoms with E-state index in [1.54, 1.807) is 24.4 Å². The van der Waals surface area contributed by atoms with Crippen LogP contribution in [-0.4, -0.2) is 35.7 Å². The molecule has 0 aromatic carbocycles. The number of aliphatic carboxylic acids is 1. The minimum absolute atomic E-state index is 0.208. The summed E-state index contributed by atoms with van der Waals surface area (Å²) in [6.07, 6.45) is 0. The van der Waals surface area contributed by atoms with Gasteiger partial charge >= 0.3 is 18.0 Å². The molecule has 0 spiro atoms. The van der Waals surface area contributed by atoms with Gasteiger partial charge in [0.15, 0.2) is 6.04 Å². The molecule has 1 aromatic rings. The van der Waals surface area contributed by atoms with Gasteiger partial charge in [-0.05, 0) is 25.3 Å². The van der Waals surface area contributed by atoms with E-state index in [-0.39, 0.29) is 6.61 Å². The maximum absolute atomic E-state index is 11.7. The molecule has 1 heterocycles. The lowest BCUT2D eigenvalue weighted by Gasteiger charge is -2.16. The van der Waals surface area contributed by atoms with Gasteiger partial charge in [0.05, 0.1) is 6.61 Å². The highest BCUT2D eigenvalue weighted by Crippen LogP contribution is 2.18. The molecule has 1 aromatic heterocycles. The summed E-state index contributed by atoms with van der Waals surface area (Å²) in [7, 11) is 0. The van der Waals surface area contributed by atoms with Crippen molar-refractivity contribution in [1.82, 2.24) is 10.6 Å². The second-order valence-electron chi connectivity index (χ2n) is 3.88. The fourth-order valence-electron chi connectivity index (χ4n) is 1.41. The Hall–Kier alpha value is -2.09. The molecule has 3 N–H and O–H groups in total. The number of rotatable bonds is 6. The molecule has 1 rings (SSSR count). The number of amides is 2. The Balaban J connectivity index is 2.59. The van der Waals surface area contributed by atoms with Gasteiger partial charge in [-0.2, -0.15) is 0 Å². The summed E-state index contributed by atoms with van der Waals surface area (Å²) in [6, 6.07) is 0.554. The highest BCUT2D eigenvalue weighted by Gasteiger charge is 2.24. The second-order valence-corrected chi connectivity index (χ2v) is 4.86. The zero-order valence-electron chi connectivity index (χ0n) is 11.1. The van der Waals surface area contributed by atoms with E-state index in [0.29, 0.717) is 4.88 Å². The van der Waals surface area contributed by atoms with Gasteiger partial charge in [0, 0.05) is 4.88 Å². The van der Waals surface area contributed by atoms with Crippen molar-refractivity contribution in [3.63, 3.8) is 0 Å². The molecule has 8 heteroatoms. The van der Waals surface area contributed by atoms with Gasteiger partial charge in [-0.25, -0.2) is 14.4 Å². The van der Waals surface area contributed by atoms with Crippen molar-refractivity contribution < 1.29 is 24.2 Å². The number of thiophene rings is 1. The largest absolute Gasteiger partial charge is 0.479 e. The smallest absolute Gasteiger partial charge is 0.331 e. The molecule has 0 fully saturated rings. The third-order valence-corrected chi connectivity index (χ3v) is 3.28. The molecule has 0 bridgehead atoms. The first-order chi connectivity index (χ1) is 9.45. The number of carbonyl (C=O) groups is 3. The van der Waals surface area contributed by atoms with E-state index in [2.05, 4.69) is 10.6 Å². The third kappa shape index (κ3) is 4.54. The number of carboxylic acids is 1. The van der Waals surface area contributed by atoms with E-state index in [0.717, 1.165) is 0 Å². The van der Waals surface area contributed by atoms with Crippen molar-refractivity contribution in [2.45, 2.75) is 25.9 Å². The Morgan fingerprint density at radius 3 is 2.60 bits per heavy atom. The first-order valence-corrected chi connectivity index (χ1v) is 6.83. The summed E-state index contributed by atoms with van der Waals surface area (Å²) < 4.78 is 4.73. The molecule has 20 heavy (non-hydrogen) atoms. The van der Waals surface area contributed by atoms with Crippen LogP contribution in [0, 0.1) is 0 Å². The van der Waals surface area contributed by atoms with E-state index in [1.807, 2.05) is 0 Å². The maximum atomic E-state index is 11.7. The normalized spacial score (nSPS) is 13.1. The number of ether oxygens (including phenoxy) is 1. The summed E-state index contributed by atoms with van der Waals surface area (Å²) >= 11 is 1.22. The van der Waals surface area contributed by atoms with Crippen LogP contribution < -0.4 is 10.6 Å². The zero-order valence-corrected chi connectivity index (χ0v) is 11.9. The number of urea groups is 1. The lowest BCUT2D eigenvalue weighted by atomic mass is 10.2. The van der Waals surface area contributed by atoms with Crippen LogP contribution in [-0.2, 0) is 14.3 Å². The van der Waals surface area contributed by atoms with E-state index in [1.165, 1.54) is 18.3 Å². The molecule has 0 aliphatic rings. The highest BCUT2D eigenvalue weighted by molar-refractivity contribution is 7.10. The summed E-state index contributed by atoms with van der Waals surface area (Å²) in [4.78, 5) is 34.7. The van der Waals surface area contributed by atoms with Crippen LogP contribution in [0.5, 0.6) is 0 Å². The van der Waals surface area contributed by atoms with Crippen LogP contribution in [0.4, 0.5) is 4.79 Å². The van der Waals surface area contributed by atoms with Crippen molar-refractivity contribution in [2.24, 2.45) is 0 Å². The number of esters is 1. The minimum Gasteiger partial charge on any atom is -0.479 e. The summed E-state index contributed by atoms with van der Waals surface area (Å²) in [5.74, 6) is -1.75. The van der Waals surface area contributed by atoms with Crippen molar-refractivity contribution >= 4 is 29.3 Å². The molecule has 0 aliphatic heterocycles. The Labute approximate surface area is 119 Å². The number of carboxylic acid groups (broad SMARTS) is 1. The predicted octanol–water partition coefficient (Wildman–Crippen LogP) is 1.12. The molecule has 0 aliphatic carbocycles. The predicted molar refractivity (Wildman–Crippen MR) is 72.5 cm³/mol. The molecule has 0 saturated heterocycles. The molecule has 2 atom stereocenters. The number of carbonyl (C=O) groups excluding carboxylic acids is 2. The fourth-order valence-corrected chi connectivity index (χ4v) is 2.17. The third-order valence-electron chi connectivity index (χ3n) is 2.34. The highest BCUT2D eigenvalue weighted by atomic mass is 32.1. The van der Waals surface area contributed by atoms with Crippen LogP contribution in [0.25, 0.3) is 0 Å². The summed E-state index contributed by atoms with van der Waals surface area (Å²) in [5.41, 5.74) is 0. The molecule has 110 valence electrons. The summed E-state index contributed by atoms with van der Waals surface area (Å²) in [6.45, 7) is 3.32. The summed E-state index contributed by atoms with van der Waals surface area (Å²) in [5, 5.41) is 15.4. The molecule has 7 nitrogen and oxygen atoms in total. The zero-order chi connectivity index (χ0) is 15.1. The number of hydrogen-bond acceptors (Lipinski definition) is 5. The fraction of sp³-hybridized carbons (Fsp3) is 0.417. The van der Waals surface area contributed by atoms with E-state index < -0.39 is 30.1 Å². The van der Waals surface area contributed by atoms with E-state index in [9.17, 15) is 14.4 Å². The molecule has 2 unspecified atom stereocenters. The van der Waals surface area contributed by atoms with Crippen LogP contribution in [0.2, 0.25) is 0 Å². The van der Waals surface area contributed by atoms with Gasteiger partial charge in [0.1, 0.15) is 6.04 Å². The van der Waals surface area contributed by atoms with Gasteiger partial charge in [-0.15, -0.1) is 11.3 Å². The molecular weight excluding hydrogens is 284 g/mol.